The first-order chi connectivity index (χ1) is 15.1. The van der Waals surface area contributed by atoms with Crippen LogP contribution in [0.2, 0.25) is 0 Å². The van der Waals surface area contributed by atoms with Crippen LogP contribution in [0.5, 0.6) is 0 Å². The zero-order chi connectivity index (χ0) is 21.8. The van der Waals surface area contributed by atoms with E-state index in [2.05, 4.69) is 10.3 Å². The van der Waals surface area contributed by atoms with E-state index in [1.165, 1.54) is 0 Å². The van der Waals surface area contributed by atoms with E-state index in [-0.39, 0.29) is 17.7 Å². The lowest BCUT2D eigenvalue weighted by Gasteiger charge is -2.31. The van der Waals surface area contributed by atoms with Crippen LogP contribution in [-0.2, 0) is 16.1 Å². The van der Waals surface area contributed by atoms with Gasteiger partial charge in [0, 0.05) is 37.6 Å². The average Bonchev–Trinajstić information content (AvgIpc) is 3.47. The molecule has 7 heteroatoms. The van der Waals surface area contributed by atoms with Gasteiger partial charge in [0.1, 0.15) is 12.1 Å². The highest BCUT2D eigenvalue weighted by Crippen LogP contribution is 2.27. The molecular weight excluding hydrogens is 392 g/mol. The second kappa shape index (κ2) is 9.29. The van der Waals surface area contributed by atoms with Crippen LogP contribution in [0.4, 0.5) is 0 Å². The normalized spacial score (nSPS) is 20.7. The van der Waals surface area contributed by atoms with Crippen molar-refractivity contribution in [3.63, 3.8) is 0 Å². The number of hydrogen-bond donors (Lipinski definition) is 1. The van der Waals surface area contributed by atoms with E-state index in [1.807, 2.05) is 43.3 Å². The minimum Gasteiger partial charge on any atom is -0.350 e. The average molecular weight is 421 g/mol. The topological polar surface area (TPSA) is 82.6 Å². The Morgan fingerprint density at radius 3 is 2.39 bits per heavy atom. The van der Waals surface area contributed by atoms with Crippen LogP contribution in [0, 0.1) is 6.92 Å². The molecule has 162 valence electrons. The van der Waals surface area contributed by atoms with Crippen molar-refractivity contribution in [1.82, 2.24) is 20.1 Å². The van der Waals surface area contributed by atoms with Crippen LogP contribution >= 0.6 is 0 Å². The van der Waals surface area contributed by atoms with Gasteiger partial charge in [0.05, 0.1) is 0 Å². The van der Waals surface area contributed by atoms with Gasteiger partial charge in [-0.15, -0.1) is 0 Å². The molecule has 1 aromatic carbocycles. The smallest absolute Gasteiger partial charge is 0.254 e. The molecule has 0 unspecified atom stereocenters. The largest absolute Gasteiger partial charge is 0.350 e. The monoisotopic (exact) mass is 420 g/mol. The van der Waals surface area contributed by atoms with E-state index < -0.39 is 12.1 Å². The van der Waals surface area contributed by atoms with Crippen molar-refractivity contribution in [3.8, 4) is 0 Å². The molecule has 0 bridgehead atoms. The maximum Gasteiger partial charge on any atom is 0.254 e. The van der Waals surface area contributed by atoms with Crippen LogP contribution in [0.25, 0.3) is 0 Å². The SMILES string of the molecule is Cc1ccccc1C(=O)N1CCC[C@@H]1C(=O)N1CCC[C@H]1C(=O)NCc1ccncc1. The number of benzene rings is 1. The first kappa shape index (κ1) is 21.0. The summed E-state index contributed by atoms with van der Waals surface area (Å²) in [5.74, 6) is -0.356. The van der Waals surface area contributed by atoms with Crippen molar-refractivity contribution < 1.29 is 14.4 Å². The number of nitrogens with one attached hydrogen (secondary N) is 1. The number of carbonyl (C=O) groups is 3. The molecular formula is C24H28N4O3. The number of aryl methyl sites for hydroxylation is 1. The van der Waals surface area contributed by atoms with E-state index in [0.717, 1.165) is 24.0 Å². The number of carbonyl (C=O) groups excluding carboxylic acids is 3. The maximum absolute atomic E-state index is 13.4. The standard InChI is InChI=1S/C24H28N4O3/c1-17-6-2-3-7-19(17)23(30)28-15-5-9-21(28)24(31)27-14-4-8-20(27)22(29)26-16-18-10-12-25-13-11-18/h2-3,6-7,10-13,20-21H,4-5,8-9,14-16H2,1H3,(H,26,29)/t20-,21+/m0/s1. The van der Waals surface area contributed by atoms with Crippen molar-refractivity contribution in [2.75, 3.05) is 13.1 Å². The van der Waals surface area contributed by atoms with Crippen molar-refractivity contribution in [1.29, 1.82) is 0 Å². The molecule has 1 N–H and O–H groups in total. The molecule has 0 saturated carbocycles. The molecule has 2 saturated heterocycles. The predicted octanol–water partition coefficient (Wildman–Crippen LogP) is 2.30. The van der Waals surface area contributed by atoms with Gasteiger partial charge < -0.3 is 15.1 Å². The zero-order valence-electron chi connectivity index (χ0n) is 17.8. The fraction of sp³-hybridized carbons (Fsp3) is 0.417. The van der Waals surface area contributed by atoms with Gasteiger partial charge in [-0.3, -0.25) is 19.4 Å². The van der Waals surface area contributed by atoms with Gasteiger partial charge in [0.2, 0.25) is 11.8 Å². The van der Waals surface area contributed by atoms with Crippen LogP contribution in [0.1, 0.15) is 47.2 Å². The molecule has 2 fully saturated rings. The molecule has 3 amide bonds. The van der Waals surface area contributed by atoms with E-state index >= 15 is 0 Å². The van der Waals surface area contributed by atoms with Crippen LogP contribution in [0.15, 0.2) is 48.8 Å². The Labute approximate surface area is 182 Å². The third-order valence-electron chi connectivity index (χ3n) is 6.23. The Balaban J connectivity index is 1.44. The second-order valence-corrected chi connectivity index (χ2v) is 8.23. The first-order valence-corrected chi connectivity index (χ1v) is 10.9. The summed E-state index contributed by atoms with van der Waals surface area (Å²) in [5, 5.41) is 2.94. The molecule has 4 rings (SSSR count). The molecule has 0 spiro atoms. The summed E-state index contributed by atoms with van der Waals surface area (Å²) in [6.07, 6.45) is 6.24. The van der Waals surface area contributed by atoms with Crippen molar-refractivity contribution in [2.45, 2.75) is 51.2 Å². The van der Waals surface area contributed by atoms with Crippen LogP contribution < -0.4 is 5.32 Å². The number of amides is 3. The Hall–Kier alpha value is -3.22. The molecule has 2 atom stereocenters. The molecule has 1 aromatic heterocycles. The lowest BCUT2D eigenvalue weighted by atomic mass is 10.1. The third-order valence-corrected chi connectivity index (χ3v) is 6.23. The fourth-order valence-corrected chi connectivity index (χ4v) is 4.54. The van der Waals surface area contributed by atoms with Crippen LogP contribution in [0.3, 0.4) is 0 Å². The molecule has 7 nitrogen and oxygen atoms in total. The van der Waals surface area contributed by atoms with Gasteiger partial charge in [0.25, 0.3) is 5.91 Å². The number of pyridine rings is 1. The number of nitrogens with zero attached hydrogens (tertiary/aromatic N) is 3. The Morgan fingerprint density at radius 2 is 1.65 bits per heavy atom. The highest BCUT2D eigenvalue weighted by atomic mass is 16.2. The Bertz CT molecular complexity index is 962. The summed E-state index contributed by atoms with van der Waals surface area (Å²) in [4.78, 5) is 46.7. The minimum atomic E-state index is -0.499. The first-order valence-electron chi connectivity index (χ1n) is 10.9. The van der Waals surface area contributed by atoms with E-state index in [0.29, 0.717) is 38.0 Å². The summed E-state index contributed by atoms with van der Waals surface area (Å²) < 4.78 is 0. The maximum atomic E-state index is 13.4. The highest BCUT2D eigenvalue weighted by molar-refractivity contribution is 5.99. The van der Waals surface area contributed by atoms with Crippen LogP contribution in [-0.4, -0.2) is 57.7 Å². The fourth-order valence-electron chi connectivity index (χ4n) is 4.54. The Morgan fingerprint density at radius 1 is 0.968 bits per heavy atom. The van der Waals surface area contributed by atoms with Gasteiger partial charge in [-0.25, -0.2) is 0 Å². The number of aromatic nitrogens is 1. The molecule has 3 heterocycles. The van der Waals surface area contributed by atoms with Gasteiger partial charge in [0.15, 0.2) is 0 Å². The molecule has 2 aliphatic heterocycles. The van der Waals surface area contributed by atoms with Crippen molar-refractivity contribution in [3.05, 3.63) is 65.5 Å². The number of rotatable bonds is 5. The summed E-state index contributed by atoms with van der Waals surface area (Å²) >= 11 is 0. The summed E-state index contributed by atoms with van der Waals surface area (Å²) in [5.41, 5.74) is 2.50. The number of likely N-dealkylation sites (tertiary alicyclic amines) is 2. The summed E-state index contributed by atoms with van der Waals surface area (Å²) in [6, 6.07) is 10.2. The molecule has 31 heavy (non-hydrogen) atoms. The molecule has 0 aliphatic carbocycles. The summed E-state index contributed by atoms with van der Waals surface area (Å²) in [6.45, 7) is 3.43. The highest BCUT2D eigenvalue weighted by Gasteiger charge is 2.42. The zero-order valence-corrected chi connectivity index (χ0v) is 17.8. The van der Waals surface area contributed by atoms with Gasteiger partial charge in [-0.05, 0) is 61.9 Å². The lowest BCUT2D eigenvalue weighted by molar-refractivity contribution is -0.141. The third kappa shape index (κ3) is 4.45. The minimum absolute atomic E-state index is 0.105. The van der Waals surface area contributed by atoms with Crippen molar-refractivity contribution >= 4 is 17.7 Å². The summed E-state index contributed by atoms with van der Waals surface area (Å²) in [7, 11) is 0. The second-order valence-electron chi connectivity index (χ2n) is 8.23. The quantitative estimate of drug-likeness (QED) is 0.805. The van der Waals surface area contributed by atoms with E-state index in [4.69, 9.17) is 0 Å². The van der Waals surface area contributed by atoms with E-state index in [9.17, 15) is 14.4 Å². The van der Waals surface area contributed by atoms with Gasteiger partial charge >= 0.3 is 0 Å². The van der Waals surface area contributed by atoms with Gasteiger partial charge in [-0.2, -0.15) is 0 Å². The Kier molecular flexibility index (Phi) is 6.30. The predicted molar refractivity (Wildman–Crippen MR) is 116 cm³/mol. The lowest BCUT2D eigenvalue weighted by Crippen LogP contribution is -2.52. The molecule has 0 radical (unpaired) electrons. The van der Waals surface area contributed by atoms with Crippen molar-refractivity contribution in [2.24, 2.45) is 0 Å². The van der Waals surface area contributed by atoms with E-state index in [1.54, 1.807) is 22.2 Å². The molecule has 2 aliphatic rings. The number of hydrogen-bond acceptors (Lipinski definition) is 4. The molecule has 2 aromatic rings. The van der Waals surface area contributed by atoms with Gasteiger partial charge in [-0.1, -0.05) is 18.2 Å².